The van der Waals surface area contributed by atoms with Crippen LogP contribution in [0.4, 0.5) is 0 Å². The summed E-state index contributed by atoms with van der Waals surface area (Å²) in [6.07, 6.45) is 0. The molecular formula is C8H12N2O4S. The Morgan fingerprint density at radius 2 is 2.20 bits per heavy atom. The van der Waals surface area contributed by atoms with Gasteiger partial charge < -0.3 is 5.11 Å². The molecule has 0 spiro atoms. The van der Waals surface area contributed by atoms with Crippen LogP contribution in [-0.4, -0.2) is 30.4 Å². The zero-order valence-corrected chi connectivity index (χ0v) is 9.04. The molecule has 0 saturated carbocycles. The molecule has 0 radical (unpaired) electrons. The van der Waals surface area contributed by atoms with Crippen LogP contribution in [0.5, 0.6) is 5.88 Å². The largest absolute Gasteiger partial charge is 0.494 e. The Labute approximate surface area is 88.0 Å². The number of aromatic amines is 1. The number of aromatic hydroxyl groups is 1. The van der Waals surface area contributed by atoms with Crippen molar-refractivity contribution in [2.24, 2.45) is 0 Å². The Kier molecular flexibility index (Phi) is 3.84. The summed E-state index contributed by atoms with van der Waals surface area (Å²) >= 11 is 0. The van der Waals surface area contributed by atoms with Crippen molar-refractivity contribution in [1.29, 1.82) is 0 Å². The fraction of sp³-hybridized carbons (Fsp3) is 0.500. The minimum atomic E-state index is -1.01. The number of hydrogen-bond donors (Lipinski definition) is 2. The number of H-pyrrole nitrogens is 1. The number of nitrogens with one attached hydrogen (secondary N) is 1. The van der Waals surface area contributed by atoms with E-state index in [1.807, 2.05) is 4.98 Å². The van der Waals surface area contributed by atoms with Gasteiger partial charge in [0.25, 0.3) is 5.56 Å². The first kappa shape index (κ1) is 11.7. The fourth-order valence-electron chi connectivity index (χ4n) is 1.06. The monoisotopic (exact) mass is 232 g/mol. The molecule has 1 aromatic heterocycles. The Balaban J connectivity index is 2.91. The molecule has 1 heterocycles. The van der Waals surface area contributed by atoms with Crippen LogP contribution in [0.25, 0.3) is 0 Å². The zero-order chi connectivity index (χ0) is 11.4. The number of rotatable bonds is 4. The van der Waals surface area contributed by atoms with Crippen LogP contribution in [0.2, 0.25) is 0 Å². The molecule has 1 unspecified atom stereocenters. The summed E-state index contributed by atoms with van der Waals surface area (Å²) in [7, 11) is -1.01. The lowest BCUT2D eigenvalue weighted by atomic mass is 10.5. The highest BCUT2D eigenvalue weighted by Crippen LogP contribution is 1.99. The van der Waals surface area contributed by atoms with Gasteiger partial charge in [0.15, 0.2) is 0 Å². The Hall–Kier alpha value is -1.37. The van der Waals surface area contributed by atoms with E-state index in [2.05, 4.69) is 0 Å². The highest BCUT2D eigenvalue weighted by atomic mass is 32.2. The van der Waals surface area contributed by atoms with Crippen LogP contribution < -0.4 is 11.2 Å². The second-order valence-corrected chi connectivity index (χ2v) is 4.75. The smallest absolute Gasteiger partial charge is 0.331 e. The minimum absolute atomic E-state index is 0.127. The van der Waals surface area contributed by atoms with Crippen molar-refractivity contribution in [2.75, 3.05) is 11.5 Å². The predicted molar refractivity (Wildman–Crippen MR) is 56.5 cm³/mol. The average molecular weight is 232 g/mol. The van der Waals surface area contributed by atoms with Gasteiger partial charge in [0, 0.05) is 28.9 Å². The van der Waals surface area contributed by atoms with Crippen molar-refractivity contribution < 1.29 is 9.32 Å². The molecule has 7 heteroatoms. The second kappa shape index (κ2) is 4.92. The van der Waals surface area contributed by atoms with E-state index in [0.29, 0.717) is 5.75 Å². The van der Waals surface area contributed by atoms with Crippen molar-refractivity contribution in [3.8, 4) is 5.88 Å². The molecule has 0 saturated heterocycles. The molecule has 84 valence electrons. The van der Waals surface area contributed by atoms with Crippen molar-refractivity contribution >= 4 is 10.8 Å². The fourth-order valence-corrected chi connectivity index (χ4v) is 1.74. The maximum absolute atomic E-state index is 11.2. The first-order valence-corrected chi connectivity index (χ1v) is 5.91. The summed E-state index contributed by atoms with van der Waals surface area (Å²) in [5.74, 6) is 0.367. The average Bonchev–Trinajstić information content (AvgIpc) is 2.15. The van der Waals surface area contributed by atoms with Crippen molar-refractivity contribution in [3.05, 3.63) is 26.9 Å². The first-order valence-electron chi connectivity index (χ1n) is 4.42. The summed E-state index contributed by atoms with van der Waals surface area (Å²) < 4.78 is 12.1. The molecule has 0 aliphatic heterocycles. The lowest BCUT2D eigenvalue weighted by molar-refractivity contribution is 0.406. The second-order valence-electron chi connectivity index (χ2n) is 2.88. The van der Waals surface area contributed by atoms with Crippen LogP contribution in [0.3, 0.4) is 0 Å². The molecule has 2 N–H and O–H groups in total. The lowest BCUT2D eigenvalue weighted by Crippen LogP contribution is -2.30. The standard InChI is InChI=1S/C8H12N2O4S/c1-2-15(14)4-3-10-7(12)5-6(11)9-8(10)13/h5,12H,2-4H2,1H3,(H,9,11,13). The van der Waals surface area contributed by atoms with Gasteiger partial charge in [-0.1, -0.05) is 6.92 Å². The molecule has 0 aliphatic rings. The topological polar surface area (TPSA) is 92.2 Å². The van der Waals surface area contributed by atoms with E-state index in [-0.39, 0.29) is 12.3 Å². The van der Waals surface area contributed by atoms with Gasteiger partial charge in [0.05, 0.1) is 6.07 Å². The van der Waals surface area contributed by atoms with E-state index in [1.165, 1.54) is 0 Å². The van der Waals surface area contributed by atoms with Crippen LogP contribution in [0.15, 0.2) is 15.7 Å². The van der Waals surface area contributed by atoms with E-state index < -0.39 is 27.9 Å². The molecule has 0 fully saturated rings. The molecular weight excluding hydrogens is 220 g/mol. The molecule has 0 aromatic carbocycles. The van der Waals surface area contributed by atoms with Crippen molar-refractivity contribution in [3.63, 3.8) is 0 Å². The Morgan fingerprint density at radius 1 is 1.53 bits per heavy atom. The molecule has 6 nitrogen and oxygen atoms in total. The summed E-state index contributed by atoms with van der Waals surface area (Å²) in [6.45, 7) is 1.90. The maximum atomic E-state index is 11.2. The van der Waals surface area contributed by atoms with Gasteiger partial charge in [-0.05, 0) is 0 Å². The van der Waals surface area contributed by atoms with E-state index in [1.54, 1.807) is 6.92 Å². The molecule has 0 aliphatic carbocycles. The first-order chi connectivity index (χ1) is 7.04. The summed E-state index contributed by atoms with van der Waals surface area (Å²) in [5, 5.41) is 9.30. The van der Waals surface area contributed by atoms with Crippen LogP contribution >= 0.6 is 0 Å². The highest BCUT2D eigenvalue weighted by Gasteiger charge is 2.05. The SMILES string of the molecule is CCS(=O)CCn1c(O)cc(=O)[nH]c1=O. The van der Waals surface area contributed by atoms with Gasteiger partial charge in [0.1, 0.15) is 0 Å². The normalized spacial score (nSPS) is 12.6. The number of aromatic nitrogens is 2. The third-order valence-corrected chi connectivity index (χ3v) is 3.16. The van der Waals surface area contributed by atoms with Crippen molar-refractivity contribution in [2.45, 2.75) is 13.5 Å². The summed E-state index contributed by atoms with van der Waals surface area (Å²) in [6, 6.07) is 0.913. The quantitative estimate of drug-likeness (QED) is 0.697. The van der Waals surface area contributed by atoms with Crippen LogP contribution in [-0.2, 0) is 17.3 Å². The van der Waals surface area contributed by atoms with Gasteiger partial charge >= 0.3 is 5.69 Å². The van der Waals surface area contributed by atoms with E-state index in [9.17, 15) is 18.9 Å². The Bertz CT molecular complexity index is 476. The van der Waals surface area contributed by atoms with Gasteiger partial charge in [0.2, 0.25) is 5.88 Å². The molecule has 0 bridgehead atoms. The summed E-state index contributed by atoms with van der Waals surface area (Å²) in [5.41, 5.74) is -1.33. The predicted octanol–water partition coefficient (Wildman–Crippen LogP) is -0.989. The van der Waals surface area contributed by atoms with Gasteiger partial charge in [-0.25, -0.2) is 4.79 Å². The van der Waals surface area contributed by atoms with Gasteiger partial charge in [-0.3, -0.25) is 18.6 Å². The Morgan fingerprint density at radius 3 is 2.73 bits per heavy atom. The third-order valence-electron chi connectivity index (χ3n) is 1.88. The molecule has 1 aromatic rings. The number of hydrogen-bond acceptors (Lipinski definition) is 4. The summed E-state index contributed by atoms with van der Waals surface area (Å²) in [4.78, 5) is 24.0. The third kappa shape index (κ3) is 3.05. The molecule has 15 heavy (non-hydrogen) atoms. The molecule has 1 atom stereocenters. The molecule has 1 rings (SSSR count). The van der Waals surface area contributed by atoms with Crippen molar-refractivity contribution in [1.82, 2.24) is 9.55 Å². The number of nitrogens with zero attached hydrogens (tertiary/aromatic N) is 1. The van der Waals surface area contributed by atoms with Gasteiger partial charge in [-0.15, -0.1) is 0 Å². The van der Waals surface area contributed by atoms with E-state index >= 15 is 0 Å². The minimum Gasteiger partial charge on any atom is -0.494 e. The maximum Gasteiger partial charge on any atom is 0.331 e. The van der Waals surface area contributed by atoms with E-state index in [4.69, 9.17) is 0 Å². The highest BCUT2D eigenvalue weighted by molar-refractivity contribution is 7.84. The zero-order valence-electron chi connectivity index (χ0n) is 8.23. The van der Waals surface area contributed by atoms with Crippen LogP contribution in [0, 0.1) is 0 Å². The lowest BCUT2D eigenvalue weighted by Gasteiger charge is -2.05. The molecule has 0 amide bonds. The van der Waals surface area contributed by atoms with E-state index in [0.717, 1.165) is 10.6 Å². The van der Waals surface area contributed by atoms with Gasteiger partial charge in [-0.2, -0.15) is 0 Å². The van der Waals surface area contributed by atoms with Crippen LogP contribution in [0.1, 0.15) is 6.92 Å².